The van der Waals surface area contributed by atoms with Crippen molar-refractivity contribution in [1.82, 2.24) is 9.55 Å². The van der Waals surface area contributed by atoms with Gasteiger partial charge < -0.3 is 19.3 Å². The number of aryl methyl sites for hydroxylation is 2. The molecule has 0 radical (unpaired) electrons. The summed E-state index contributed by atoms with van der Waals surface area (Å²) in [5.41, 5.74) is 0.807. The minimum absolute atomic E-state index is 0.0353. The van der Waals surface area contributed by atoms with Crippen molar-refractivity contribution < 1.29 is 19.6 Å². The quantitative estimate of drug-likeness (QED) is 0.475. The van der Waals surface area contributed by atoms with Crippen molar-refractivity contribution in [3.8, 4) is 0 Å². The Labute approximate surface area is 162 Å². The number of ether oxygens (including phenoxy) is 1. The zero-order chi connectivity index (χ0) is 20.4. The predicted molar refractivity (Wildman–Crippen MR) is 102 cm³/mol. The molecule has 0 bridgehead atoms. The van der Waals surface area contributed by atoms with Crippen molar-refractivity contribution in [2.24, 2.45) is 13.0 Å². The van der Waals surface area contributed by atoms with Crippen LogP contribution in [0.15, 0.2) is 24.5 Å². The fraction of sp³-hybridized carbons (Fsp3) is 0.474. The number of carbonyl (C=O) groups is 1. The van der Waals surface area contributed by atoms with Crippen LogP contribution in [-0.4, -0.2) is 45.7 Å². The number of nitro groups is 1. The van der Waals surface area contributed by atoms with Gasteiger partial charge in [0.05, 0.1) is 12.0 Å². The predicted octanol–water partition coefficient (Wildman–Crippen LogP) is 2.37. The number of esters is 1. The van der Waals surface area contributed by atoms with Gasteiger partial charge in [0, 0.05) is 49.7 Å². The van der Waals surface area contributed by atoms with Crippen LogP contribution in [0.3, 0.4) is 0 Å². The van der Waals surface area contributed by atoms with E-state index >= 15 is 0 Å². The first-order valence-electron chi connectivity index (χ1n) is 9.11. The molecule has 0 aliphatic carbocycles. The van der Waals surface area contributed by atoms with Crippen LogP contribution in [0, 0.1) is 23.0 Å². The Balaban J connectivity index is 1.90. The maximum atomic E-state index is 12.1. The van der Waals surface area contributed by atoms with Gasteiger partial charge >= 0.3 is 5.97 Å². The Morgan fingerprint density at radius 2 is 2.21 bits per heavy atom. The summed E-state index contributed by atoms with van der Waals surface area (Å²) >= 11 is 0. The Morgan fingerprint density at radius 3 is 2.82 bits per heavy atom. The summed E-state index contributed by atoms with van der Waals surface area (Å²) in [7, 11) is 3.04. The Kier molecular flexibility index (Phi) is 5.64. The van der Waals surface area contributed by atoms with Crippen LogP contribution in [0.5, 0.6) is 0 Å². The highest BCUT2D eigenvalue weighted by Crippen LogP contribution is 2.34. The molecule has 1 aliphatic rings. The fourth-order valence-corrected chi connectivity index (χ4v) is 3.83. The van der Waals surface area contributed by atoms with E-state index in [1.807, 2.05) is 11.9 Å². The molecule has 9 nitrogen and oxygen atoms in total. The van der Waals surface area contributed by atoms with Crippen molar-refractivity contribution >= 4 is 17.3 Å². The van der Waals surface area contributed by atoms with Gasteiger partial charge in [-0.2, -0.15) is 0 Å². The summed E-state index contributed by atoms with van der Waals surface area (Å²) in [6.45, 7) is 2.91. The molecule has 3 rings (SSSR count). The standard InChI is InChI=1S/C19H24N4O5/c1-12-9-14(10-15(19(25)28-3)16(12)23(26)27)22-7-4-5-13(11-22)17(24)18-20-6-8-21(18)2/h6,8-10,13,17,24H,4-5,7,11H2,1-3H3. The van der Waals surface area contributed by atoms with E-state index in [0.29, 0.717) is 23.6 Å². The van der Waals surface area contributed by atoms with Crippen molar-refractivity contribution in [2.75, 3.05) is 25.1 Å². The monoisotopic (exact) mass is 388 g/mol. The van der Waals surface area contributed by atoms with E-state index in [0.717, 1.165) is 19.4 Å². The third-order valence-corrected chi connectivity index (χ3v) is 5.27. The van der Waals surface area contributed by atoms with Crippen LogP contribution >= 0.6 is 0 Å². The second kappa shape index (κ2) is 7.97. The summed E-state index contributed by atoms with van der Waals surface area (Å²) in [6.07, 6.45) is 4.45. The molecule has 2 unspecified atom stereocenters. The molecular formula is C19H24N4O5. The van der Waals surface area contributed by atoms with Gasteiger partial charge in [0.1, 0.15) is 17.5 Å². The molecule has 1 saturated heterocycles. The van der Waals surface area contributed by atoms with Crippen molar-refractivity contribution in [1.29, 1.82) is 0 Å². The second-order valence-corrected chi connectivity index (χ2v) is 7.10. The van der Waals surface area contributed by atoms with Crippen LogP contribution in [0.2, 0.25) is 0 Å². The number of hydrogen-bond donors (Lipinski definition) is 1. The SMILES string of the molecule is COC(=O)c1cc(N2CCCC(C(O)c3nccn3C)C2)cc(C)c1[N+](=O)[O-]. The lowest BCUT2D eigenvalue weighted by Crippen LogP contribution is -2.38. The number of hydrogen-bond acceptors (Lipinski definition) is 7. The van der Waals surface area contributed by atoms with Gasteiger partial charge in [-0.05, 0) is 31.9 Å². The third-order valence-electron chi connectivity index (χ3n) is 5.27. The summed E-state index contributed by atoms with van der Waals surface area (Å²) < 4.78 is 6.53. The molecule has 1 N–H and O–H groups in total. The van der Waals surface area contributed by atoms with E-state index in [4.69, 9.17) is 4.74 Å². The number of rotatable bonds is 5. The summed E-state index contributed by atoms with van der Waals surface area (Å²) in [6, 6.07) is 3.21. The maximum absolute atomic E-state index is 12.1. The number of aromatic nitrogens is 2. The van der Waals surface area contributed by atoms with Gasteiger partial charge in [-0.25, -0.2) is 9.78 Å². The van der Waals surface area contributed by atoms with Crippen LogP contribution < -0.4 is 4.90 Å². The number of methoxy groups -OCH3 is 1. The van der Waals surface area contributed by atoms with E-state index in [9.17, 15) is 20.0 Å². The van der Waals surface area contributed by atoms with Gasteiger partial charge in [-0.1, -0.05) is 0 Å². The number of aliphatic hydroxyl groups excluding tert-OH is 1. The molecule has 1 aromatic carbocycles. The molecule has 150 valence electrons. The molecule has 0 saturated carbocycles. The van der Waals surface area contributed by atoms with E-state index < -0.39 is 17.0 Å². The number of benzene rings is 1. The van der Waals surface area contributed by atoms with Gasteiger partial charge in [0.25, 0.3) is 5.69 Å². The molecule has 1 fully saturated rings. The molecular weight excluding hydrogens is 364 g/mol. The molecule has 0 spiro atoms. The topological polar surface area (TPSA) is 111 Å². The van der Waals surface area contributed by atoms with Crippen molar-refractivity contribution in [3.05, 3.63) is 51.6 Å². The first-order valence-corrected chi connectivity index (χ1v) is 9.11. The second-order valence-electron chi connectivity index (χ2n) is 7.10. The zero-order valence-corrected chi connectivity index (χ0v) is 16.2. The lowest BCUT2D eigenvalue weighted by atomic mass is 9.91. The fourth-order valence-electron chi connectivity index (χ4n) is 3.83. The highest BCUT2D eigenvalue weighted by molar-refractivity contribution is 5.95. The zero-order valence-electron chi connectivity index (χ0n) is 16.2. The largest absolute Gasteiger partial charge is 0.465 e. The van der Waals surface area contributed by atoms with Crippen LogP contribution in [0.1, 0.15) is 40.7 Å². The highest BCUT2D eigenvalue weighted by atomic mass is 16.6. The Bertz CT molecular complexity index is 894. The highest BCUT2D eigenvalue weighted by Gasteiger charge is 2.31. The van der Waals surface area contributed by atoms with E-state index in [-0.39, 0.29) is 17.2 Å². The number of carbonyl (C=O) groups excluding carboxylic acids is 1. The number of imidazole rings is 1. The summed E-state index contributed by atoms with van der Waals surface area (Å²) in [4.78, 5) is 29.2. The van der Waals surface area contributed by atoms with E-state index in [1.54, 1.807) is 30.0 Å². The molecule has 1 aliphatic heterocycles. The molecule has 2 aromatic rings. The maximum Gasteiger partial charge on any atom is 0.344 e. The average Bonchev–Trinajstić information content (AvgIpc) is 3.11. The third kappa shape index (κ3) is 3.70. The smallest absolute Gasteiger partial charge is 0.344 e. The lowest BCUT2D eigenvalue weighted by molar-refractivity contribution is -0.385. The van der Waals surface area contributed by atoms with Gasteiger partial charge in [-0.3, -0.25) is 10.1 Å². The minimum atomic E-state index is -0.738. The number of nitrogens with zero attached hydrogens (tertiary/aromatic N) is 4. The molecule has 2 heterocycles. The Hall–Kier alpha value is -2.94. The molecule has 2 atom stereocenters. The van der Waals surface area contributed by atoms with E-state index in [2.05, 4.69) is 4.98 Å². The molecule has 1 aromatic heterocycles. The first-order chi connectivity index (χ1) is 13.3. The van der Waals surface area contributed by atoms with Crippen molar-refractivity contribution in [3.63, 3.8) is 0 Å². The van der Waals surface area contributed by atoms with E-state index in [1.165, 1.54) is 13.2 Å². The van der Waals surface area contributed by atoms with Crippen molar-refractivity contribution in [2.45, 2.75) is 25.9 Å². The number of anilines is 1. The lowest BCUT2D eigenvalue weighted by Gasteiger charge is -2.36. The normalized spacial score (nSPS) is 18.0. The first kappa shape index (κ1) is 19.8. The summed E-state index contributed by atoms with van der Waals surface area (Å²) in [5, 5.41) is 22.2. The molecule has 0 amide bonds. The molecule has 28 heavy (non-hydrogen) atoms. The van der Waals surface area contributed by atoms with Crippen LogP contribution in [0.4, 0.5) is 11.4 Å². The minimum Gasteiger partial charge on any atom is -0.465 e. The number of piperidine rings is 1. The summed E-state index contributed by atoms with van der Waals surface area (Å²) in [5.74, 6) is -0.160. The molecule has 9 heteroatoms. The Morgan fingerprint density at radius 1 is 1.46 bits per heavy atom. The van der Waals surface area contributed by atoms with Gasteiger partial charge in [0.15, 0.2) is 0 Å². The van der Waals surface area contributed by atoms with Crippen LogP contribution in [0.25, 0.3) is 0 Å². The van der Waals surface area contributed by atoms with Gasteiger partial charge in [-0.15, -0.1) is 0 Å². The van der Waals surface area contributed by atoms with Crippen LogP contribution in [-0.2, 0) is 11.8 Å². The van der Waals surface area contributed by atoms with Gasteiger partial charge in [0.2, 0.25) is 0 Å². The number of aliphatic hydroxyl groups is 1. The average molecular weight is 388 g/mol. The number of nitro benzene ring substituents is 1.